The average molecular weight is 400 g/mol. The summed E-state index contributed by atoms with van der Waals surface area (Å²) in [5.74, 6) is -0.585. The van der Waals surface area contributed by atoms with E-state index in [2.05, 4.69) is 10.3 Å². The number of ether oxygens (including phenoxy) is 1. The molecule has 0 bridgehead atoms. The average Bonchev–Trinajstić information content (AvgIpc) is 3.33. The van der Waals surface area contributed by atoms with Gasteiger partial charge in [0.1, 0.15) is 16.5 Å². The number of nitrogens with zero attached hydrogens (tertiary/aromatic N) is 1. The molecular formula is C19H16N2O4S2. The molecule has 2 aromatic heterocycles. The van der Waals surface area contributed by atoms with Gasteiger partial charge in [0.05, 0.1) is 4.88 Å². The number of fused-ring (bicyclic) bond motifs is 1. The van der Waals surface area contributed by atoms with Crippen LogP contribution >= 0.6 is 22.7 Å². The summed E-state index contributed by atoms with van der Waals surface area (Å²) in [5, 5.41) is 14.5. The first-order chi connectivity index (χ1) is 13.1. The molecule has 6 nitrogen and oxygen atoms in total. The number of aliphatic carboxylic acids is 1. The maximum Gasteiger partial charge on any atom is 0.341 e. The second kappa shape index (κ2) is 7.59. The van der Waals surface area contributed by atoms with Gasteiger partial charge in [-0.15, -0.1) is 22.7 Å². The molecule has 0 saturated heterocycles. The van der Waals surface area contributed by atoms with Crippen molar-refractivity contribution in [3.63, 3.8) is 0 Å². The van der Waals surface area contributed by atoms with Crippen molar-refractivity contribution in [2.75, 3.05) is 13.2 Å². The second-order valence-corrected chi connectivity index (χ2v) is 8.05. The number of carbonyl (C=O) groups is 2. The Labute approximate surface area is 163 Å². The lowest BCUT2D eigenvalue weighted by atomic mass is 10.1. The van der Waals surface area contributed by atoms with Gasteiger partial charge >= 0.3 is 5.97 Å². The molecule has 0 fully saturated rings. The van der Waals surface area contributed by atoms with Gasteiger partial charge in [-0.05, 0) is 42.3 Å². The van der Waals surface area contributed by atoms with Crippen LogP contribution in [0, 0.1) is 0 Å². The number of hydrogen-bond donors (Lipinski definition) is 2. The summed E-state index contributed by atoms with van der Waals surface area (Å²) in [6.45, 7) is 1.39. The third-order valence-electron chi connectivity index (χ3n) is 4.17. The van der Waals surface area contributed by atoms with E-state index in [-0.39, 0.29) is 12.4 Å². The Hall–Kier alpha value is -2.55. The Balaban J connectivity index is 1.50. The third kappa shape index (κ3) is 3.92. The summed E-state index contributed by atoms with van der Waals surface area (Å²) in [5.41, 5.74) is 2.52. The molecule has 1 aromatic carbocycles. The molecule has 27 heavy (non-hydrogen) atoms. The van der Waals surface area contributed by atoms with Crippen LogP contribution in [0.5, 0.6) is 5.75 Å². The lowest BCUT2D eigenvalue weighted by Crippen LogP contribution is -2.21. The number of benzene rings is 1. The molecule has 0 aliphatic carbocycles. The van der Waals surface area contributed by atoms with Gasteiger partial charge in [0, 0.05) is 28.9 Å². The molecule has 0 atom stereocenters. The van der Waals surface area contributed by atoms with Crippen LogP contribution in [0.15, 0.2) is 35.7 Å². The topological polar surface area (TPSA) is 88.5 Å². The third-order valence-corrected chi connectivity index (χ3v) is 6.29. The van der Waals surface area contributed by atoms with Crippen LogP contribution in [0.2, 0.25) is 0 Å². The van der Waals surface area contributed by atoms with Gasteiger partial charge in [-0.1, -0.05) is 0 Å². The normalized spacial score (nSPS) is 13.2. The fourth-order valence-electron chi connectivity index (χ4n) is 2.84. The van der Waals surface area contributed by atoms with Crippen molar-refractivity contribution in [1.29, 1.82) is 0 Å². The minimum Gasteiger partial charge on any atom is -0.482 e. The lowest BCUT2D eigenvalue weighted by Gasteiger charge is -2.10. The first-order valence-electron chi connectivity index (χ1n) is 8.38. The Bertz CT molecular complexity index is 968. The maximum atomic E-state index is 12.8. The number of rotatable bonds is 6. The van der Waals surface area contributed by atoms with Gasteiger partial charge in [-0.25, -0.2) is 9.78 Å². The minimum atomic E-state index is -1.02. The number of hydrogen-bond acceptors (Lipinski definition) is 7. The monoisotopic (exact) mass is 400 g/mol. The number of aromatic nitrogens is 1. The Morgan fingerprint density at radius 1 is 1.26 bits per heavy atom. The SMILES string of the molecule is O=C(O)COc1ccc(-c2nc(C(=O)c3cc4c(s3)CCNC4)cs2)cc1. The highest BCUT2D eigenvalue weighted by atomic mass is 32.1. The molecule has 1 aliphatic heterocycles. The largest absolute Gasteiger partial charge is 0.482 e. The summed E-state index contributed by atoms with van der Waals surface area (Å²) in [6, 6.07) is 8.98. The van der Waals surface area contributed by atoms with Gasteiger partial charge in [0.25, 0.3) is 0 Å². The predicted molar refractivity (Wildman–Crippen MR) is 104 cm³/mol. The molecule has 1 aliphatic rings. The van der Waals surface area contributed by atoms with Crippen molar-refractivity contribution < 1.29 is 19.4 Å². The van der Waals surface area contributed by atoms with Crippen LogP contribution in [-0.4, -0.2) is 35.0 Å². The van der Waals surface area contributed by atoms with Gasteiger partial charge in [0.2, 0.25) is 5.78 Å². The van der Waals surface area contributed by atoms with E-state index >= 15 is 0 Å². The first kappa shape index (κ1) is 17.8. The van der Waals surface area contributed by atoms with E-state index in [1.165, 1.54) is 21.8 Å². The number of nitrogens with one attached hydrogen (secondary N) is 1. The second-order valence-electron chi connectivity index (χ2n) is 6.06. The number of carboxylic acids is 1. The van der Waals surface area contributed by atoms with Crippen LogP contribution in [0.1, 0.15) is 25.8 Å². The van der Waals surface area contributed by atoms with Crippen LogP contribution in [-0.2, 0) is 17.8 Å². The molecule has 0 unspecified atom stereocenters. The maximum absolute atomic E-state index is 12.8. The van der Waals surface area contributed by atoms with E-state index in [0.29, 0.717) is 11.4 Å². The lowest BCUT2D eigenvalue weighted by molar-refractivity contribution is -0.139. The van der Waals surface area contributed by atoms with E-state index in [1.54, 1.807) is 41.0 Å². The molecule has 2 N–H and O–H groups in total. The van der Waals surface area contributed by atoms with Gasteiger partial charge < -0.3 is 15.2 Å². The molecule has 3 heterocycles. The van der Waals surface area contributed by atoms with Crippen molar-refractivity contribution in [2.45, 2.75) is 13.0 Å². The first-order valence-corrected chi connectivity index (χ1v) is 10.1. The highest BCUT2D eigenvalue weighted by molar-refractivity contribution is 7.15. The molecular weight excluding hydrogens is 384 g/mol. The molecule has 3 aromatic rings. The van der Waals surface area contributed by atoms with Crippen LogP contribution in [0.25, 0.3) is 10.6 Å². The van der Waals surface area contributed by atoms with Crippen LogP contribution in [0.3, 0.4) is 0 Å². The number of thiophene rings is 1. The van der Waals surface area contributed by atoms with Crippen molar-refractivity contribution >= 4 is 34.4 Å². The zero-order valence-corrected chi connectivity index (χ0v) is 15.9. The van der Waals surface area contributed by atoms with E-state index < -0.39 is 5.97 Å². The Morgan fingerprint density at radius 3 is 2.81 bits per heavy atom. The molecule has 0 saturated carbocycles. The molecule has 4 rings (SSSR count). The van der Waals surface area contributed by atoms with E-state index in [9.17, 15) is 9.59 Å². The molecule has 138 valence electrons. The minimum absolute atomic E-state index is 0.0432. The molecule has 8 heteroatoms. The summed E-state index contributed by atoms with van der Waals surface area (Å²) in [4.78, 5) is 29.8. The van der Waals surface area contributed by atoms with Gasteiger partial charge in [-0.3, -0.25) is 4.79 Å². The fraction of sp³-hybridized carbons (Fsp3) is 0.211. The number of ketones is 1. The van der Waals surface area contributed by atoms with Gasteiger partial charge in [-0.2, -0.15) is 0 Å². The fourth-order valence-corrected chi connectivity index (χ4v) is 4.78. The molecule has 0 radical (unpaired) electrons. The predicted octanol–water partition coefficient (Wildman–Crippen LogP) is 3.21. The zero-order valence-electron chi connectivity index (χ0n) is 14.2. The van der Waals surface area contributed by atoms with Crippen molar-refractivity contribution in [3.8, 4) is 16.3 Å². The zero-order chi connectivity index (χ0) is 18.8. The van der Waals surface area contributed by atoms with Crippen molar-refractivity contribution in [2.24, 2.45) is 0 Å². The number of carboxylic acid groups (broad SMARTS) is 1. The molecule has 0 spiro atoms. The quantitative estimate of drug-likeness (QED) is 0.618. The summed E-state index contributed by atoms with van der Waals surface area (Å²) >= 11 is 2.97. The summed E-state index contributed by atoms with van der Waals surface area (Å²) in [7, 11) is 0. The Morgan fingerprint density at radius 2 is 2.07 bits per heavy atom. The number of carbonyl (C=O) groups excluding carboxylic acids is 1. The number of thiazole rings is 1. The van der Waals surface area contributed by atoms with E-state index in [0.717, 1.165) is 35.0 Å². The van der Waals surface area contributed by atoms with E-state index in [4.69, 9.17) is 9.84 Å². The smallest absolute Gasteiger partial charge is 0.341 e. The van der Waals surface area contributed by atoms with Crippen LogP contribution in [0.4, 0.5) is 0 Å². The highest BCUT2D eigenvalue weighted by Gasteiger charge is 2.20. The molecule has 0 amide bonds. The van der Waals surface area contributed by atoms with Crippen molar-refractivity contribution in [3.05, 3.63) is 56.7 Å². The summed E-state index contributed by atoms with van der Waals surface area (Å²) in [6.07, 6.45) is 0.964. The summed E-state index contributed by atoms with van der Waals surface area (Å²) < 4.78 is 5.13. The Kier molecular flexibility index (Phi) is 5.02. The van der Waals surface area contributed by atoms with Crippen molar-refractivity contribution in [1.82, 2.24) is 10.3 Å². The van der Waals surface area contributed by atoms with E-state index in [1.807, 2.05) is 6.07 Å². The highest BCUT2D eigenvalue weighted by Crippen LogP contribution is 2.30. The van der Waals surface area contributed by atoms with Gasteiger partial charge in [0.15, 0.2) is 6.61 Å². The standard InChI is InChI=1S/C19H16N2O4S2/c22-17(23)9-25-13-3-1-11(2-4-13)19-21-14(10-26-19)18(24)16-7-12-8-20-6-5-15(12)27-16/h1-4,7,10,20H,5-6,8-9H2,(H,22,23). The van der Waals surface area contributed by atoms with Crippen LogP contribution < -0.4 is 10.1 Å².